The smallest absolute Gasteiger partial charge is 0.262 e. The third-order valence-corrected chi connectivity index (χ3v) is 7.32. The van der Waals surface area contributed by atoms with Crippen LogP contribution in [-0.4, -0.2) is 16.2 Å². The zero-order chi connectivity index (χ0) is 22.1. The molecule has 0 radical (unpaired) electrons. The molecule has 0 saturated carbocycles. The Labute approximate surface area is 198 Å². The molecule has 0 aliphatic heterocycles. The average molecular weight is 505 g/mol. The second kappa shape index (κ2) is 8.88. The standard InChI is InChI=1S/C26H21BrN2O2S/c1-2-22-23(18-10-12-19(27)13-11-18)24-25(32-22)28-16-29(26(24)30)14-15-31-21-9-5-7-17-6-3-4-8-20(17)21/h3-13,16H,2,14-15H2,1H3. The number of halogens is 1. The van der Waals surface area contributed by atoms with Crippen molar-refractivity contribution in [3.63, 3.8) is 0 Å². The van der Waals surface area contributed by atoms with Gasteiger partial charge in [-0.2, -0.15) is 0 Å². The van der Waals surface area contributed by atoms with Gasteiger partial charge in [-0.3, -0.25) is 9.36 Å². The minimum absolute atomic E-state index is 0.0228. The minimum atomic E-state index is -0.0228. The first-order chi connectivity index (χ1) is 15.7. The predicted octanol–water partition coefficient (Wildman–Crippen LogP) is 6.68. The molecule has 0 aliphatic carbocycles. The summed E-state index contributed by atoms with van der Waals surface area (Å²) < 4.78 is 8.72. The summed E-state index contributed by atoms with van der Waals surface area (Å²) >= 11 is 5.09. The normalized spacial score (nSPS) is 11.3. The molecule has 32 heavy (non-hydrogen) atoms. The number of fused-ring (bicyclic) bond motifs is 2. The molecule has 0 fully saturated rings. The van der Waals surface area contributed by atoms with Crippen LogP contribution in [0, 0.1) is 0 Å². The molecule has 0 spiro atoms. The van der Waals surface area contributed by atoms with Gasteiger partial charge in [0, 0.05) is 20.3 Å². The van der Waals surface area contributed by atoms with Crippen molar-refractivity contribution in [2.75, 3.05) is 6.61 Å². The van der Waals surface area contributed by atoms with Gasteiger partial charge in [0.05, 0.1) is 18.3 Å². The lowest BCUT2D eigenvalue weighted by Gasteiger charge is -2.11. The van der Waals surface area contributed by atoms with Crippen LogP contribution >= 0.6 is 27.3 Å². The van der Waals surface area contributed by atoms with Crippen molar-refractivity contribution in [2.24, 2.45) is 0 Å². The van der Waals surface area contributed by atoms with Crippen LogP contribution < -0.4 is 10.3 Å². The Kier molecular flexibility index (Phi) is 5.81. The van der Waals surface area contributed by atoms with Crippen LogP contribution in [-0.2, 0) is 13.0 Å². The Balaban J connectivity index is 1.47. The van der Waals surface area contributed by atoms with E-state index in [1.165, 1.54) is 4.88 Å². The summed E-state index contributed by atoms with van der Waals surface area (Å²) in [7, 11) is 0. The van der Waals surface area contributed by atoms with Crippen LogP contribution in [0.4, 0.5) is 0 Å². The third kappa shape index (κ3) is 3.85. The van der Waals surface area contributed by atoms with Gasteiger partial charge in [0.1, 0.15) is 17.2 Å². The lowest BCUT2D eigenvalue weighted by atomic mass is 10.0. The molecule has 0 unspecified atom stereocenters. The molecule has 6 heteroatoms. The van der Waals surface area contributed by atoms with E-state index in [0.29, 0.717) is 18.5 Å². The Bertz CT molecular complexity index is 1470. The van der Waals surface area contributed by atoms with E-state index in [9.17, 15) is 4.79 Å². The highest BCUT2D eigenvalue weighted by molar-refractivity contribution is 9.10. The minimum Gasteiger partial charge on any atom is -0.491 e. The molecule has 0 aliphatic rings. The highest BCUT2D eigenvalue weighted by atomic mass is 79.9. The van der Waals surface area contributed by atoms with Gasteiger partial charge in [-0.05, 0) is 35.6 Å². The number of hydrogen-bond donors (Lipinski definition) is 0. The Morgan fingerprint density at radius 2 is 1.81 bits per heavy atom. The second-order valence-electron chi connectivity index (χ2n) is 7.51. The lowest BCUT2D eigenvalue weighted by Crippen LogP contribution is -2.23. The lowest BCUT2D eigenvalue weighted by molar-refractivity contribution is 0.299. The van der Waals surface area contributed by atoms with E-state index in [0.717, 1.165) is 43.4 Å². The maximum atomic E-state index is 13.4. The molecule has 0 saturated heterocycles. The van der Waals surface area contributed by atoms with Crippen molar-refractivity contribution in [2.45, 2.75) is 19.9 Å². The summed E-state index contributed by atoms with van der Waals surface area (Å²) in [5, 5.41) is 2.90. The first-order valence-corrected chi connectivity index (χ1v) is 12.1. The summed E-state index contributed by atoms with van der Waals surface area (Å²) in [6.07, 6.45) is 2.49. The molecule has 0 amide bonds. The predicted molar refractivity (Wildman–Crippen MR) is 136 cm³/mol. The average Bonchev–Trinajstić information content (AvgIpc) is 3.21. The van der Waals surface area contributed by atoms with Crippen LogP contribution in [0.25, 0.3) is 32.1 Å². The summed E-state index contributed by atoms with van der Waals surface area (Å²) in [5.74, 6) is 0.824. The molecule has 4 nitrogen and oxygen atoms in total. The molecule has 0 bridgehead atoms. The number of hydrogen-bond acceptors (Lipinski definition) is 4. The first-order valence-electron chi connectivity index (χ1n) is 10.5. The van der Waals surface area contributed by atoms with Crippen molar-refractivity contribution in [1.82, 2.24) is 9.55 Å². The number of ether oxygens (including phenoxy) is 1. The maximum absolute atomic E-state index is 13.4. The van der Waals surface area contributed by atoms with E-state index in [2.05, 4.69) is 40.0 Å². The zero-order valence-corrected chi connectivity index (χ0v) is 19.9. The quantitative estimate of drug-likeness (QED) is 0.259. The Morgan fingerprint density at radius 3 is 2.62 bits per heavy atom. The van der Waals surface area contributed by atoms with Crippen molar-refractivity contribution < 1.29 is 4.74 Å². The molecule has 2 aromatic heterocycles. The van der Waals surface area contributed by atoms with Crippen molar-refractivity contribution in [3.05, 3.63) is 92.8 Å². The molecule has 0 N–H and O–H groups in total. The van der Waals surface area contributed by atoms with Gasteiger partial charge in [0.15, 0.2) is 0 Å². The molecular weight excluding hydrogens is 484 g/mol. The molecule has 3 aromatic carbocycles. The number of aromatic nitrogens is 2. The van der Waals surface area contributed by atoms with Crippen LogP contribution in [0.15, 0.2) is 82.3 Å². The molecule has 5 aromatic rings. The Morgan fingerprint density at radius 1 is 1.03 bits per heavy atom. The fourth-order valence-electron chi connectivity index (χ4n) is 3.98. The SMILES string of the molecule is CCc1sc2ncn(CCOc3cccc4ccccc34)c(=O)c2c1-c1ccc(Br)cc1. The zero-order valence-electron chi connectivity index (χ0n) is 17.5. The molecule has 0 atom stereocenters. The van der Waals surface area contributed by atoms with E-state index in [-0.39, 0.29) is 5.56 Å². The van der Waals surface area contributed by atoms with Crippen LogP contribution in [0.3, 0.4) is 0 Å². The van der Waals surface area contributed by atoms with Crippen molar-refractivity contribution in [3.8, 4) is 16.9 Å². The molecule has 160 valence electrons. The molecule has 2 heterocycles. The van der Waals surface area contributed by atoms with Gasteiger partial charge in [-0.1, -0.05) is 71.4 Å². The second-order valence-corrected chi connectivity index (χ2v) is 9.51. The number of rotatable bonds is 6. The van der Waals surface area contributed by atoms with Crippen LogP contribution in [0.1, 0.15) is 11.8 Å². The monoisotopic (exact) mass is 504 g/mol. The van der Waals surface area contributed by atoms with E-state index in [1.807, 2.05) is 54.6 Å². The summed E-state index contributed by atoms with van der Waals surface area (Å²) in [6.45, 7) is 2.94. The van der Waals surface area contributed by atoms with Crippen LogP contribution in [0.2, 0.25) is 0 Å². The highest BCUT2D eigenvalue weighted by Crippen LogP contribution is 2.36. The topological polar surface area (TPSA) is 44.1 Å². The van der Waals surface area contributed by atoms with E-state index >= 15 is 0 Å². The van der Waals surface area contributed by atoms with Crippen molar-refractivity contribution in [1.29, 1.82) is 0 Å². The number of nitrogens with zero attached hydrogens (tertiary/aromatic N) is 2. The summed E-state index contributed by atoms with van der Waals surface area (Å²) in [5.41, 5.74) is 2.02. The van der Waals surface area contributed by atoms with Gasteiger partial charge in [-0.25, -0.2) is 4.98 Å². The van der Waals surface area contributed by atoms with Gasteiger partial charge in [-0.15, -0.1) is 11.3 Å². The third-order valence-electron chi connectivity index (χ3n) is 5.55. The van der Waals surface area contributed by atoms with Gasteiger partial charge in [0.2, 0.25) is 0 Å². The fraction of sp³-hybridized carbons (Fsp3) is 0.154. The van der Waals surface area contributed by atoms with E-state index in [1.54, 1.807) is 22.2 Å². The number of thiophene rings is 1. The van der Waals surface area contributed by atoms with Crippen LogP contribution in [0.5, 0.6) is 5.75 Å². The van der Waals surface area contributed by atoms with Gasteiger partial charge in [0.25, 0.3) is 5.56 Å². The molecule has 5 rings (SSSR count). The highest BCUT2D eigenvalue weighted by Gasteiger charge is 2.18. The fourth-order valence-corrected chi connectivity index (χ4v) is 5.33. The van der Waals surface area contributed by atoms with Crippen molar-refractivity contribution >= 4 is 48.3 Å². The summed E-state index contributed by atoms with van der Waals surface area (Å²) in [6, 6.07) is 22.2. The number of benzene rings is 3. The largest absolute Gasteiger partial charge is 0.491 e. The Hall–Kier alpha value is -2.96. The first kappa shape index (κ1) is 20.9. The maximum Gasteiger partial charge on any atom is 0.262 e. The summed E-state index contributed by atoms with van der Waals surface area (Å²) in [4.78, 5) is 20.0. The van der Waals surface area contributed by atoms with Gasteiger partial charge >= 0.3 is 0 Å². The van der Waals surface area contributed by atoms with E-state index < -0.39 is 0 Å². The molecular formula is C26H21BrN2O2S. The van der Waals surface area contributed by atoms with E-state index in [4.69, 9.17) is 4.74 Å². The number of aryl methyl sites for hydroxylation is 1. The van der Waals surface area contributed by atoms with Gasteiger partial charge < -0.3 is 4.74 Å².